The van der Waals surface area contributed by atoms with Crippen LogP contribution in [-0.4, -0.2) is 31.3 Å². The zero-order chi connectivity index (χ0) is 15.4. The third-order valence-corrected chi connectivity index (χ3v) is 3.58. The van der Waals surface area contributed by atoms with E-state index in [4.69, 9.17) is 5.11 Å². The van der Waals surface area contributed by atoms with Crippen molar-refractivity contribution in [1.29, 1.82) is 0 Å². The first kappa shape index (κ1) is 15.2. The van der Waals surface area contributed by atoms with E-state index in [9.17, 15) is 4.79 Å². The predicted molar refractivity (Wildman–Crippen MR) is 78.8 cm³/mol. The summed E-state index contributed by atoms with van der Waals surface area (Å²) in [4.78, 5) is 11.1. The van der Waals surface area contributed by atoms with E-state index in [0.717, 1.165) is 12.0 Å². The fraction of sp³-hybridized carbons (Fsp3) is 0.467. The molecule has 0 aliphatic carbocycles. The Kier molecular flexibility index (Phi) is 4.67. The third kappa shape index (κ3) is 3.45. The molecule has 1 aromatic carbocycles. The lowest BCUT2D eigenvalue weighted by molar-refractivity contribution is -0.138. The largest absolute Gasteiger partial charge is 0.481 e. The van der Waals surface area contributed by atoms with Crippen LogP contribution in [0.15, 0.2) is 24.3 Å². The highest BCUT2D eigenvalue weighted by Crippen LogP contribution is 2.26. The Morgan fingerprint density at radius 3 is 2.48 bits per heavy atom. The minimum absolute atomic E-state index is 0.00273. The minimum atomic E-state index is -0.850. The summed E-state index contributed by atoms with van der Waals surface area (Å²) >= 11 is 0. The standard InChI is InChI=1S/C15H20N4O2/c1-4-11-5-7-12(8-6-11)15-16-17-18-19(15)13(10(2)3)9-14(20)21/h5-8,10,13H,4,9H2,1-3H3,(H,20,21). The number of rotatable bonds is 6. The van der Waals surface area contributed by atoms with Crippen LogP contribution < -0.4 is 0 Å². The van der Waals surface area contributed by atoms with Crippen LogP contribution in [0.5, 0.6) is 0 Å². The first-order valence-electron chi connectivity index (χ1n) is 7.12. The fourth-order valence-corrected chi connectivity index (χ4v) is 2.28. The van der Waals surface area contributed by atoms with Gasteiger partial charge in [-0.05, 0) is 28.3 Å². The van der Waals surface area contributed by atoms with Crippen molar-refractivity contribution in [2.24, 2.45) is 5.92 Å². The first-order valence-corrected chi connectivity index (χ1v) is 7.12. The Morgan fingerprint density at radius 2 is 1.95 bits per heavy atom. The molecule has 0 saturated heterocycles. The number of aromatic nitrogens is 4. The highest BCUT2D eigenvalue weighted by atomic mass is 16.4. The molecular weight excluding hydrogens is 268 g/mol. The van der Waals surface area contributed by atoms with Gasteiger partial charge in [-0.3, -0.25) is 4.79 Å². The fourth-order valence-electron chi connectivity index (χ4n) is 2.28. The van der Waals surface area contributed by atoms with E-state index < -0.39 is 5.97 Å². The Morgan fingerprint density at radius 1 is 1.29 bits per heavy atom. The van der Waals surface area contributed by atoms with E-state index in [-0.39, 0.29) is 18.4 Å². The summed E-state index contributed by atoms with van der Waals surface area (Å²) in [6, 6.07) is 7.75. The van der Waals surface area contributed by atoms with Crippen LogP contribution in [0.3, 0.4) is 0 Å². The first-order chi connectivity index (χ1) is 10.0. The number of nitrogens with zero attached hydrogens (tertiary/aromatic N) is 4. The van der Waals surface area contributed by atoms with Crippen LogP contribution in [0, 0.1) is 5.92 Å². The van der Waals surface area contributed by atoms with Crippen LogP contribution in [0.25, 0.3) is 11.4 Å². The number of aliphatic carboxylic acids is 1. The Labute approximate surface area is 123 Å². The van der Waals surface area contributed by atoms with Crippen molar-refractivity contribution < 1.29 is 9.90 Å². The molecule has 1 heterocycles. The van der Waals surface area contributed by atoms with Gasteiger partial charge in [-0.1, -0.05) is 45.0 Å². The lowest BCUT2D eigenvalue weighted by atomic mass is 10.0. The number of hydrogen-bond acceptors (Lipinski definition) is 4. The van der Waals surface area contributed by atoms with Gasteiger partial charge >= 0.3 is 5.97 Å². The van der Waals surface area contributed by atoms with E-state index in [1.54, 1.807) is 4.68 Å². The van der Waals surface area contributed by atoms with Crippen LogP contribution in [0.2, 0.25) is 0 Å². The number of carboxylic acids is 1. The molecule has 2 rings (SSSR count). The van der Waals surface area contributed by atoms with E-state index in [0.29, 0.717) is 5.82 Å². The quantitative estimate of drug-likeness (QED) is 0.883. The molecule has 6 nitrogen and oxygen atoms in total. The summed E-state index contributed by atoms with van der Waals surface area (Å²) in [6.45, 7) is 6.04. The number of benzene rings is 1. The summed E-state index contributed by atoms with van der Waals surface area (Å²) in [6.07, 6.45) is 0.974. The van der Waals surface area contributed by atoms with E-state index >= 15 is 0 Å². The summed E-state index contributed by atoms with van der Waals surface area (Å²) in [5.41, 5.74) is 2.14. The molecule has 1 atom stereocenters. The highest BCUT2D eigenvalue weighted by Gasteiger charge is 2.24. The lowest BCUT2D eigenvalue weighted by Crippen LogP contribution is -2.21. The van der Waals surface area contributed by atoms with Crippen molar-refractivity contribution in [2.45, 2.75) is 39.7 Å². The number of tetrazole rings is 1. The number of carbonyl (C=O) groups is 1. The van der Waals surface area contributed by atoms with Crippen LogP contribution in [-0.2, 0) is 11.2 Å². The second-order valence-electron chi connectivity index (χ2n) is 5.41. The Bertz CT molecular complexity index is 604. The van der Waals surface area contributed by atoms with Gasteiger partial charge in [0.25, 0.3) is 0 Å². The molecule has 0 fully saturated rings. The monoisotopic (exact) mass is 288 g/mol. The van der Waals surface area contributed by atoms with E-state index in [2.05, 4.69) is 22.4 Å². The molecule has 0 saturated carbocycles. The maximum Gasteiger partial charge on any atom is 0.305 e. The number of hydrogen-bond donors (Lipinski definition) is 1. The summed E-state index contributed by atoms with van der Waals surface area (Å²) in [7, 11) is 0. The molecule has 0 aliphatic heterocycles. The molecule has 112 valence electrons. The van der Waals surface area contributed by atoms with Gasteiger partial charge in [-0.25, -0.2) is 4.68 Å². The topological polar surface area (TPSA) is 80.9 Å². The molecule has 1 N–H and O–H groups in total. The second kappa shape index (κ2) is 6.47. The van der Waals surface area contributed by atoms with Crippen molar-refractivity contribution >= 4 is 5.97 Å². The van der Waals surface area contributed by atoms with Gasteiger partial charge in [0.05, 0.1) is 12.5 Å². The molecule has 0 spiro atoms. The molecule has 2 aromatic rings. The zero-order valence-electron chi connectivity index (χ0n) is 12.5. The van der Waals surface area contributed by atoms with E-state index in [1.165, 1.54) is 5.56 Å². The van der Waals surface area contributed by atoms with Crippen molar-refractivity contribution in [1.82, 2.24) is 20.2 Å². The molecule has 21 heavy (non-hydrogen) atoms. The molecule has 0 aliphatic rings. The lowest BCUT2D eigenvalue weighted by Gasteiger charge is -2.20. The smallest absolute Gasteiger partial charge is 0.305 e. The summed E-state index contributed by atoms with van der Waals surface area (Å²) in [5.74, 6) is -0.118. The predicted octanol–water partition coefficient (Wildman–Crippen LogP) is 2.57. The van der Waals surface area contributed by atoms with Crippen LogP contribution in [0.4, 0.5) is 0 Å². The van der Waals surface area contributed by atoms with E-state index in [1.807, 2.05) is 38.1 Å². The van der Waals surface area contributed by atoms with Crippen molar-refractivity contribution in [3.8, 4) is 11.4 Å². The number of carboxylic acid groups (broad SMARTS) is 1. The number of aryl methyl sites for hydroxylation is 1. The SMILES string of the molecule is CCc1ccc(-c2nnnn2C(CC(=O)O)C(C)C)cc1. The van der Waals surface area contributed by atoms with Crippen molar-refractivity contribution in [2.75, 3.05) is 0 Å². The van der Waals surface area contributed by atoms with Gasteiger partial charge in [0.15, 0.2) is 5.82 Å². The molecule has 1 unspecified atom stereocenters. The van der Waals surface area contributed by atoms with Gasteiger partial charge in [0, 0.05) is 5.56 Å². The molecule has 1 aromatic heterocycles. The van der Waals surface area contributed by atoms with Gasteiger partial charge in [-0.2, -0.15) is 0 Å². The summed E-state index contributed by atoms with van der Waals surface area (Å²) < 4.78 is 1.62. The Balaban J connectivity index is 2.37. The molecule has 6 heteroatoms. The highest BCUT2D eigenvalue weighted by molar-refractivity contribution is 5.67. The van der Waals surface area contributed by atoms with Crippen molar-refractivity contribution in [3.05, 3.63) is 29.8 Å². The van der Waals surface area contributed by atoms with Gasteiger partial charge in [-0.15, -0.1) is 5.10 Å². The Hall–Kier alpha value is -2.24. The normalized spacial score (nSPS) is 12.6. The second-order valence-corrected chi connectivity index (χ2v) is 5.41. The minimum Gasteiger partial charge on any atom is -0.481 e. The van der Waals surface area contributed by atoms with Crippen LogP contribution in [0.1, 0.15) is 38.8 Å². The molecule has 0 radical (unpaired) electrons. The summed E-state index contributed by atoms with van der Waals surface area (Å²) in [5, 5.41) is 20.9. The maximum absolute atomic E-state index is 11.1. The maximum atomic E-state index is 11.1. The average molecular weight is 288 g/mol. The van der Waals surface area contributed by atoms with Gasteiger partial charge in [0.1, 0.15) is 0 Å². The molecule has 0 bridgehead atoms. The van der Waals surface area contributed by atoms with Gasteiger partial charge in [0.2, 0.25) is 0 Å². The van der Waals surface area contributed by atoms with Crippen molar-refractivity contribution in [3.63, 3.8) is 0 Å². The van der Waals surface area contributed by atoms with Gasteiger partial charge < -0.3 is 5.11 Å². The molecular formula is C15H20N4O2. The third-order valence-electron chi connectivity index (χ3n) is 3.58. The zero-order valence-corrected chi connectivity index (χ0v) is 12.5. The van der Waals surface area contributed by atoms with Crippen LogP contribution >= 0.6 is 0 Å². The molecule has 0 amide bonds. The average Bonchev–Trinajstić information content (AvgIpc) is 2.93.